The fourth-order valence-electron chi connectivity index (χ4n) is 4.22. The minimum Gasteiger partial charge on any atom is -0.361 e. The van der Waals surface area contributed by atoms with Crippen molar-refractivity contribution < 1.29 is 4.52 Å². The molecule has 1 aliphatic heterocycles. The molecule has 0 amide bonds. The fraction of sp³-hybridized carbons (Fsp3) is 0.789. The lowest BCUT2D eigenvalue weighted by molar-refractivity contribution is 0.167. The summed E-state index contributed by atoms with van der Waals surface area (Å²) in [5, 5.41) is 7.78. The molecular formula is C19H34IN5O. The van der Waals surface area contributed by atoms with E-state index in [4.69, 9.17) is 4.52 Å². The summed E-state index contributed by atoms with van der Waals surface area (Å²) in [6, 6.07) is 2.03. The number of aliphatic imine (C=N–C) groups is 1. The zero-order valence-corrected chi connectivity index (χ0v) is 18.8. The van der Waals surface area contributed by atoms with Crippen molar-refractivity contribution >= 4 is 29.9 Å². The molecule has 148 valence electrons. The second-order valence-electron chi connectivity index (χ2n) is 7.65. The van der Waals surface area contributed by atoms with Crippen LogP contribution in [0.1, 0.15) is 50.5 Å². The maximum atomic E-state index is 5.17. The molecule has 6 nitrogen and oxygen atoms in total. The van der Waals surface area contributed by atoms with Gasteiger partial charge in [-0.1, -0.05) is 24.9 Å². The van der Waals surface area contributed by atoms with Gasteiger partial charge in [-0.05, 0) is 31.6 Å². The highest BCUT2D eigenvalue weighted by atomic mass is 127. The van der Waals surface area contributed by atoms with Crippen LogP contribution in [0.4, 0.5) is 0 Å². The normalized spacial score (nSPS) is 20.9. The van der Waals surface area contributed by atoms with E-state index in [1.807, 2.05) is 20.0 Å². The topological polar surface area (TPSA) is 56.9 Å². The molecule has 0 unspecified atom stereocenters. The number of nitrogens with one attached hydrogen (secondary N) is 1. The molecule has 26 heavy (non-hydrogen) atoms. The number of guanidine groups is 1. The Kier molecular flexibility index (Phi) is 8.19. The Bertz CT molecular complexity index is 574. The van der Waals surface area contributed by atoms with E-state index in [0.29, 0.717) is 5.41 Å². The van der Waals surface area contributed by atoms with Gasteiger partial charge in [0.15, 0.2) is 5.96 Å². The zero-order chi connectivity index (χ0) is 17.7. The Morgan fingerprint density at radius 2 is 1.96 bits per heavy atom. The molecule has 1 aromatic heterocycles. The standard InChI is InChI=1S/C19H33N5O.HI/c1-4-19(7-5-6-8-19)15-21-18(20-3)24-11-9-23(10-12-24)14-17-13-16(2)25-22-17;/h13H,4-12,14-15H2,1-3H3,(H,20,21);1H. The van der Waals surface area contributed by atoms with Gasteiger partial charge in [0.1, 0.15) is 5.76 Å². The van der Waals surface area contributed by atoms with E-state index in [0.717, 1.165) is 56.7 Å². The molecular weight excluding hydrogens is 441 g/mol. The highest BCUT2D eigenvalue weighted by Crippen LogP contribution is 2.40. The van der Waals surface area contributed by atoms with E-state index in [9.17, 15) is 0 Å². The summed E-state index contributed by atoms with van der Waals surface area (Å²) in [5.74, 6) is 1.95. The monoisotopic (exact) mass is 475 g/mol. The van der Waals surface area contributed by atoms with Gasteiger partial charge in [0.25, 0.3) is 0 Å². The lowest BCUT2D eigenvalue weighted by Crippen LogP contribution is -2.53. The predicted octanol–water partition coefficient (Wildman–Crippen LogP) is 3.26. The van der Waals surface area contributed by atoms with Gasteiger partial charge in [-0.25, -0.2) is 0 Å². The van der Waals surface area contributed by atoms with Crippen LogP contribution in [0.25, 0.3) is 0 Å². The van der Waals surface area contributed by atoms with Crippen LogP contribution in [0.3, 0.4) is 0 Å². The Labute approximate surface area is 174 Å². The lowest BCUT2D eigenvalue weighted by Gasteiger charge is -2.37. The number of halogens is 1. The van der Waals surface area contributed by atoms with Crippen molar-refractivity contribution in [2.75, 3.05) is 39.8 Å². The Balaban J connectivity index is 0.00000243. The van der Waals surface area contributed by atoms with E-state index in [1.165, 1.54) is 32.1 Å². The lowest BCUT2D eigenvalue weighted by atomic mass is 9.83. The van der Waals surface area contributed by atoms with Crippen LogP contribution in [-0.4, -0.2) is 60.7 Å². The molecule has 1 aliphatic carbocycles. The van der Waals surface area contributed by atoms with Crippen molar-refractivity contribution in [2.24, 2.45) is 10.4 Å². The number of hydrogen-bond donors (Lipinski definition) is 1. The molecule has 0 atom stereocenters. The SMILES string of the molecule is CCC1(CNC(=NC)N2CCN(Cc3cc(C)on3)CC2)CCCC1.I. The van der Waals surface area contributed by atoms with E-state index in [2.05, 4.69) is 32.2 Å². The number of aromatic nitrogens is 1. The highest BCUT2D eigenvalue weighted by molar-refractivity contribution is 14.0. The van der Waals surface area contributed by atoms with Gasteiger partial charge in [-0.2, -0.15) is 0 Å². The molecule has 2 aliphatic rings. The summed E-state index contributed by atoms with van der Waals surface area (Å²) in [6.07, 6.45) is 6.75. The van der Waals surface area contributed by atoms with Crippen LogP contribution in [0.2, 0.25) is 0 Å². The summed E-state index contributed by atoms with van der Waals surface area (Å²) >= 11 is 0. The Morgan fingerprint density at radius 3 is 2.50 bits per heavy atom. The van der Waals surface area contributed by atoms with Crippen molar-refractivity contribution in [1.82, 2.24) is 20.3 Å². The van der Waals surface area contributed by atoms with Crippen molar-refractivity contribution in [3.63, 3.8) is 0 Å². The van der Waals surface area contributed by atoms with Gasteiger partial charge in [0, 0.05) is 52.4 Å². The van der Waals surface area contributed by atoms with Crippen LogP contribution in [0.5, 0.6) is 0 Å². The summed E-state index contributed by atoms with van der Waals surface area (Å²) in [5.41, 5.74) is 1.52. The maximum Gasteiger partial charge on any atom is 0.193 e. The zero-order valence-electron chi connectivity index (χ0n) is 16.5. The van der Waals surface area contributed by atoms with E-state index in [1.54, 1.807) is 0 Å². The van der Waals surface area contributed by atoms with Gasteiger partial charge in [0.2, 0.25) is 0 Å². The second-order valence-corrected chi connectivity index (χ2v) is 7.65. The van der Waals surface area contributed by atoms with Crippen molar-refractivity contribution in [1.29, 1.82) is 0 Å². The molecule has 0 bridgehead atoms. The van der Waals surface area contributed by atoms with Crippen LogP contribution in [0.15, 0.2) is 15.6 Å². The van der Waals surface area contributed by atoms with Crippen molar-refractivity contribution in [3.8, 4) is 0 Å². The number of aryl methyl sites for hydroxylation is 1. The molecule has 2 fully saturated rings. The van der Waals surface area contributed by atoms with Gasteiger partial charge < -0.3 is 14.7 Å². The van der Waals surface area contributed by atoms with Crippen LogP contribution in [0, 0.1) is 12.3 Å². The third-order valence-corrected chi connectivity index (χ3v) is 5.98. The quantitative estimate of drug-likeness (QED) is 0.403. The molecule has 0 aromatic carbocycles. The number of hydrogen-bond acceptors (Lipinski definition) is 4. The summed E-state index contributed by atoms with van der Waals surface area (Å²) in [4.78, 5) is 9.36. The Morgan fingerprint density at radius 1 is 1.27 bits per heavy atom. The van der Waals surface area contributed by atoms with Gasteiger partial charge >= 0.3 is 0 Å². The first-order valence-corrected chi connectivity index (χ1v) is 9.74. The van der Waals surface area contributed by atoms with Crippen molar-refractivity contribution in [2.45, 2.75) is 52.5 Å². The number of nitrogens with zero attached hydrogens (tertiary/aromatic N) is 4. The van der Waals surface area contributed by atoms with Gasteiger partial charge in [0.05, 0.1) is 5.69 Å². The third kappa shape index (κ3) is 5.34. The van der Waals surface area contributed by atoms with Gasteiger partial charge in [-0.15, -0.1) is 24.0 Å². The number of rotatable bonds is 5. The molecule has 1 aromatic rings. The number of piperazine rings is 1. The summed E-state index contributed by atoms with van der Waals surface area (Å²) < 4.78 is 5.17. The fourth-order valence-corrected chi connectivity index (χ4v) is 4.22. The molecule has 2 heterocycles. The molecule has 1 saturated heterocycles. The largest absolute Gasteiger partial charge is 0.361 e. The molecule has 0 radical (unpaired) electrons. The molecule has 0 spiro atoms. The van der Waals surface area contributed by atoms with Crippen molar-refractivity contribution in [3.05, 3.63) is 17.5 Å². The predicted molar refractivity (Wildman–Crippen MR) is 116 cm³/mol. The second kappa shape index (κ2) is 9.92. The Hall–Kier alpha value is -0.830. The van der Waals surface area contributed by atoms with Crippen LogP contribution < -0.4 is 5.32 Å². The first-order chi connectivity index (χ1) is 12.1. The minimum atomic E-state index is 0. The minimum absolute atomic E-state index is 0. The molecule has 7 heteroatoms. The summed E-state index contributed by atoms with van der Waals surface area (Å²) in [6.45, 7) is 10.3. The first-order valence-electron chi connectivity index (χ1n) is 9.74. The molecule has 1 N–H and O–H groups in total. The van der Waals surface area contributed by atoms with E-state index in [-0.39, 0.29) is 24.0 Å². The van der Waals surface area contributed by atoms with E-state index < -0.39 is 0 Å². The average Bonchev–Trinajstić information content (AvgIpc) is 3.26. The summed E-state index contributed by atoms with van der Waals surface area (Å²) in [7, 11) is 1.90. The van der Waals surface area contributed by atoms with Gasteiger partial charge in [-0.3, -0.25) is 9.89 Å². The van der Waals surface area contributed by atoms with E-state index >= 15 is 0 Å². The average molecular weight is 475 g/mol. The van der Waals surface area contributed by atoms with Crippen LogP contribution in [-0.2, 0) is 6.54 Å². The maximum absolute atomic E-state index is 5.17. The molecule has 1 saturated carbocycles. The third-order valence-electron chi connectivity index (χ3n) is 5.98. The van der Waals surface area contributed by atoms with Crippen LogP contribution >= 0.6 is 24.0 Å². The smallest absolute Gasteiger partial charge is 0.193 e. The highest BCUT2D eigenvalue weighted by Gasteiger charge is 2.32. The molecule has 3 rings (SSSR count). The first kappa shape index (κ1) is 21.5.